The third-order valence-corrected chi connectivity index (χ3v) is 5.06. The van der Waals surface area contributed by atoms with Crippen molar-refractivity contribution < 1.29 is 28.5 Å². The minimum Gasteiger partial charge on any atom is -0.497 e. The Morgan fingerprint density at radius 3 is 2.31 bits per heavy atom. The molecule has 2 aromatic carbocycles. The molecule has 0 aliphatic carbocycles. The van der Waals surface area contributed by atoms with Gasteiger partial charge >= 0.3 is 5.97 Å². The van der Waals surface area contributed by atoms with Crippen LogP contribution < -0.4 is 18.9 Å². The fourth-order valence-electron chi connectivity index (χ4n) is 2.68. The Bertz CT molecular complexity index is 975. The Morgan fingerprint density at radius 1 is 0.966 bits per heavy atom. The monoisotopic (exact) mass is 415 g/mol. The fourth-order valence-corrected chi connectivity index (χ4v) is 3.49. The van der Waals surface area contributed by atoms with E-state index < -0.39 is 5.97 Å². The van der Waals surface area contributed by atoms with E-state index in [4.69, 9.17) is 23.7 Å². The molecule has 0 saturated heterocycles. The summed E-state index contributed by atoms with van der Waals surface area (Å²) in [7, 11) is 6.10. The lowest BCUT2D eigenvalue weighted by Gasteiger charge is -2.13. The number of benzene rings is 2. The topological polar surface area (TPSA) is 76.1 Å². The van der Waals surface area contributed by atoms with Crippen LogP contribution in [0.3, 0.4) is 0 Å². The quantitative estimate of drug-likeness (QED) is 0.510. The zero-order valence-electron chi connectivity index (χ0n) is 16.6. The number of thiazole rings is 1. The number of nitrogens with zero attached hydrogens (tertiary/aromatic N) is 1. The molecule has 0 fully saturated rings. The van der Waals surface area contributed by atoms with Crippen LogP contribution >= 0.6 is 11.3 Å². The lowest BCUT2D eigenvalue weighted by atomic mass is 10.2. The van der Waals surface area contributed by atoms with Crippen molar-refractivity contribution in [3.8, 4) is 33.6 Å². The van der Waals surface area contributed by atoms with Gasteiger partial charge in [0, 0.05) is 10.9 Å². The molecule has 29 heavy (non-hydrogen) atoms. The van der Waals surface area contributed by atoms with Gasteiger partial charge in [-0.15, -0.1) is 11.3 Å². The fraction of sp³-hybridized carbons (Fsp3) is 0.238. The summed E-state index contributed by atoms with van der Waals surface area (Å²) in [4.78, 5) is 17.0. The highest BCUT2D eigenvalue weighted by Gasteiger charge is 2.18. The molecule has 0 amide bonds. The molecule has 0 bridgehead atoms. The smallest absolute Gasteiger partial charge is 0.338 e. The Hall–Kier alpha value is -3.26. The molecule has 0 unspecified atom stereocenters. The van der Waals surface area contributed by atoms with Crippen LogP contribution in [-0.2, 0) is 11.3 Å². The molecule has 1 heterocycles. The van der Waals surface area contributed by atoms with Crippen molar-refractivity contribution >= 4 is 17.3 Å². The minimum absolute atomic E-state index is 0.0515. The van der Waals surface area contributed by atoms with E-state index in [0.717, 1.165) is 16.3 Å². The molecule has 0 aliphatic rings. The second-order valence-corrected chi connectivity index (χ2v) is 6.72. The minimum atomic E-state index is -0.514. The number of esters is 1. The maximum atomic E-state index is 12.5. The van der Waals surface area contributed by atoms with E-state index >= 15 is 0 Å². The van der Waals surface area contributed by atoms with Crippen LogP contribution in [0.1, 0.15) is 16.1 Å². The number of rotatable bonds is 8. The van der Waals surface area contributed by atoms with Gasteiger partial charge in [0.2, 0.25) is 5.75 Å². The predicted molar refractivity (Wildman–Crippen MR) is 109 cm³/mol. The van der Waals surface area contributed by atoms with E-state index in [1.54, 1.807) is 19.2 Å². The molecule has 0 spiro atoms. The van der Waals surface area contributed by atoms with Gasteiger partial charge in [-0.2, -0.15) is 0 Å². The van der Waals surface area contributed by atoms with Crippen LogP contribution in [-0.4, -0.2) is 39.4 Å². The molecule has 7 nitrogen and oxygen atoms in total. The van der Waals surface area contributed by atoms with Gasteiger partial charge in [0.25, 0.3) is 0 Å². The largest absolute Gasteiger partial charge is 0.497 e. The lowest BCUT2D eigenvalue weighted by Crippen LogP contribution is -2.07. The van der Waals surface area contributed by atoms with E-state index in [-0.39, 0.29) is 6.61 Å². The lowest BCUT2D eigenvalue weighted by molar-refractivity contribution is 0.0467. The van der Waals surface area contributed by atoms with Crippen LogP contribution in [0.25, 0.3) is 10.6 Å². The summed E-state index contributed by atoms with van der Waals surface area (Å²) in [5.74, 6) is 1.42. The Labute approximate surface area is 172 Å². The van der Waals surface area contributed by atoms with Gasteiger partial charge in [-0.25, -0.2) is 9.78 Å². The van der Waals surface area contributed by atoms with Gasteiger partial charge < -0.3 is 23.7 Å². The summed E-state index contributed by atoms with van der Waals surface area (Å²) in [5.41, 5.74) is 1.90. The first kappa shape index (κ1) is 20.5. The van der Waals surface area contributed by atoms with Crippen molar-refractivity contribution in [3.05, 3.63) is 53.0 Å². The summed E-state index contributed by atoms with van der Waals surface area (Å²) >= 11 is 1.47. The van der Waals surface area contributed by atoms with E-state index in [9.17, 15) is 4.79 Å². The molecule has 0 radical (unpaired) electrons. The molecule has 3 rings (SSSR count). The maximum absolute atomic E-state index is 12.5. The molecular formula is C21H21NO6S. The molecule has 8 heteroatoms. The molecule has 0 saturated carbocycles. The van der Waals surface area contributed by atoms with E-state index in [1.807, 2.05) is 29.6 Å². The predicted octanol–water partition coefficient (Wildman–Crippen LogP) is 4.20. The average Bonchev–Trinajstić information content (AvgIpc) is 3.25. The number of methoxy groups -OCH3 is 4. The molecular weight excluding hydrogens is 394 g/mol. The van der Waals surface area contributed by atoms with Crippen molar-refractivity contribution in [3.63, 3.8) is 0 Å². The first-order valence-electron chi connectivity index (χ1n) is 8.65. The highest BCUT2D eigenvalue weighted by molar-refractivity contribution is 7.13. The summed E-state index contributed by atoms with van der Waals surface area (Å²) < 4.78 is 26.5. The van der Waals surface area contributed by atoms with Crippen molar-refractivity contribution in [2.45, 2.75) is 6.61 Å². The Balaban J connectivity index is 1.72. The summed E-state index contributed by atoms with van der Waals surface area (Å²) in [6.45, 7) is 0.0515. The summed E-state index contributed by atoms with van der Waals surface area (Å²) in [5, 5.41) is 2.68. The van der Waals surface area contributed by atoms with Crippen molar-refractivity contribution in [1.82, 2.24) is 4.98 Å². The van der Waals surface area contributed by atoms with Gasteiger partial charge in [0.1, 0.15) is 17.4 Å². The van der Waals surface area contributed by atoms with Crippen molar-refractivity contribution in [1.29, 1.82) is 0 Å². The van der Waals surface area contributed by atoms with Crippen LogP contribution in [0.5, 0.6) is 23.0 Å². The molecule has 1 aromatic heterocycles. The third kappa shape index (κ3) is 4.60. The van der Waals surface area contributed by atoms with Gasteiger partial charge in [0.05, 0.1) is 39.7 Å². The number of ether oxygens (including phenoxy) is 5. The molecule has 0 aliphatic heterocycles. The molecule has 3 aromatic rings. The highest BCUT2D eigenvalue weighted by atomic mass is 32.1. The average molecular weight is 415 g/mol. The number of hydrogen-bond donors (Lipinski definition) is 0. The maximum Gasteiger partial charge on any atom is 0.338 e. The first-order valence-corrected chi connectivity index (χ1v) is 9.53. The number of carbonyl (C=O) groups is 1. The van der Waals surface area contributed by atoms with E-state index in [1.165, 1.54) is 32.7 Å². The SMILES string of the molecule is COc1cccc(-c2nc(COC(=O)c3cc(OC)c(OC)c(OC)c3)cs2)c1. The zero-order valence-corrected chi connectivity index (χ0v) is 17.4. The van der Waals surface area contributed by atoms with Gasteiger partial charge in [-0.1, -0.05) is 12.1 Å². The Kier molecular flexibility index (Phi) is 6.56. The number of carbonyl (C=O) groups excluding carboxylic acids is 1. The normalized spacial score (nSPS) is 10.3. The standard InChI is InChI=1S/C21H21NO6S/c1-24-16-7-5-6-13(8-16)20-22-15(12-29-20)11-28-21(23)14-9-17(25-2)19(27-4)18(10-14)26-3/h5-10,12H,11H2,1-4H3. The van der Waals surface area contributed by atoms with Crippen LogP contribution in [0.2, 0.25) is 0 Å². The number of hydrogen-bond acceptors (Lipinski definition) is 8. The van der Waals surface area contributed by atoms with Crippen molar-refractivity contribution in [2.24, 2.45) is 0 Å². The molecule has 152 valence electrons. The number of aromatic nitrogens is 1. The molecule has 0 atom stereocenters. The summed E-state index contributed by atoms with van der Waals surface area (Å²) in [6.07, 6.45) is 0. The zero-order chi connectivity index (χ0) is 20.8. The van der Waals surface area contributed by atoms with E-state index in [2.05, 4.69) is 4.98 Å². The molecule has 0 N–H and O–H groups in total. The van der Waals surface area contributed by atoms with Gasteiger partial charge in [-0.3, -0.25) is 0 Å². The summed E-state index contributed by atoms with van der Waals surface area (Å²) in [6, 6.07) is 10.7. The Morgan fingerprint density at radius 2 is 1.69 bits per heavy atom. The van der Waals surface area contributed by atoms with Gasteiger partial charge in [0.15, 0.2) is 11.5 Å². The second-order valence-electron chi connectivity index (χ2n) is 5.87. The third-order valence-electron chi connectivity index (χ3n) is 4.12. The first-order chi connectivity index (χ1) is 14.1. The van der Waals surface area contributed by atoms with Crippen LogP contribution in [0.4, 0.5) is 0 Å². The van der Waals surface area contributed by atoms with E-state index in [0.29, 0.717) is 28.5 Å². The van der Waals surface area contributed by atoms with Crippen molar-refractivity contribution in [2.75, 3.05) is 28.4 Å². The van der Waals surface area contributed by atoms with Crippen LogP contribution in [0.15, 0.2) is 41.8 Å². The second kappa shape index (κ2) is 9.29. The van der Waals surface area contributed by atoms with Crippen LogP contribution in [0, 0.1) is 0 Å². The van der Waals surface area contributed by atoms with Gasteiger partial charge in [-0.05, 0) is 24.3 Å². The highest BCUT2D eigenvalue weighted by Crippen LogP contribution is 2.38.